The molecule has 0 spiro atoms. The minimum absolute atomic E-state index is 0.188. The zero-order chi connectivity index (χ0) is 12.5. The Bertz CT molecular complexity index is 420. The molecular weight excluding hydrogens is 236 g/mol. The monoisotopic (exact) mass is 252 g/mol. The average Bonchev–Trinajstić information content (AvgIpc) is 2.32. The fourth-order valence-corrected chi connectivity index (χ4v) is 2.56. The highest BCUT2D eigenvalue weighted by molar-refractivity contribution is 6.31. The Hall–Kier alpha value is -0.860. The molecule has 2 nitrogen and oxygen atoms in total. The summed E-state index contributed by atoms with van der Waals surface area (Å²) in [4.78, 5) is 12.3. The van der Waals surface area contributed by atoms with Crippen molar-refractivity contribution in [1.82, 2.24) is 0 Å². The van der Waals surface area contributed by atoms with Crippen LogP contribution >= 0.6 is 11.6 Å². The molecule has 92 valence electrons. The quantitative estimate of drug-likeness (QED) is 0.819. The zero-order valence-corrected chi connectivity index (χ0v) is 10.7. The number of Topliss-reactive ketones (excluding diaryl/α,β-unsaturated/α-hetero) is 1. The second kappa shape index (κ2) is 4.79. The summed E-state index contributed by atoms with van der Waals surface area (Å²) in [5.74, 6) is 0.411. The summed E-state index contributed by atoms with van der Waals surface area (Å²) >= 11 is 5.86. The van der Waals surface area contributed by atoms with Crippen LogP contribution in [-0.2, 0) is 0 Å². The Morgan fingerprint density at radius 1 is 1.41 bits per heavy atom. The van der Waals surface area contributed by atoms with Crippen LogP contribution < -0.4 is 0 Å². The van der Waals surface area contributed by atoms with E-state index in [9.17, 15) is 9.90 Å². The number of hydrogen-bond acceptors (Lipinski definition) is 2. The maximum atomic E-state index is 12.3. The van der Waals surface area contributed by atoms with Gasteiger partial charge in [0, 0.05) is 10.6 Å². The minimum atomic E-state index is -1.18. The van der Waals surface area contributed by atoms with Gasteiger partial charge in [0.2, 0.25) is 0 Å². The second-order valence-corrected chi connectivity index (χ2v) is 5.49. The van der Waals surface area contributed by atoms with Gasteiger partial charge in [0.15, 0.2) is 5.78 Å². The highest BCUT2D eigenvalue weighted by Crippen LogP contribution is 2.34. The van der Waals surface area contributed by atoms with Gasteiger partial charge in [-0.05, 0) is 43.7 Å². The molecule has 0 unspecified atom stereocenters. The molecule has 17 heavy (non-hydrogen) atoms. The molecule has 1 aliphatic carbocycles. The maximum absolute atomic E-state index is 12.3. The van der Waals surface area contributed by atoms with Crippen molar-refractivity contribution in [1.29, 1.82) is 0 Å². The van der Waals surface area contributed by atoms with Crippen LogP contribution in [0, 0.1) is 5.92 Å². The van der Waals surface area contributed by atoms with E-state index < -0.39 is 5.60 Å². The van der Waals surface area contributed by atoms with Gasteiger partial charge >= 0.3 is 0 Å². The lowest BCUT2D eigenvalue weighted by Gasteiger charge is -2.33. The molecule has 0 aromatic heterocycles. The molecule has 3 heteroatoms. The first-order valence-corrected chi connectivity index (χ1v) is 6.42. The number of aliphatic hydroxyl groups is 1. The third-order valence-electron chi connectivity index (χ3n) is 3.61. The minimum Gasteiger partial charge on any atom is -0.382 e. The fourth-order valence-electron chi connectivity index (χ4n) is 2.37. The SMILES string of the molecule is CC1CCC(O)(C(=O)c2cccc(Cl)c2)CC1. The molecule has 1 aromatic carbocycles. The molecule has 1 aromatic rings. The summed E-state index contributed by atoms with van der Waals surface area (Å²) in [7, 11) is 0. The number of halogens is 1. The summed E-state index contributed by atoms with van der Waals surface area (Å²) < 4.78 is 0. The molecule has 0 bridgehead atoms. The maximum Gasteiger partial charge on any atom is 0.194 e. The number of hydrogen-bond donors (Lipinski definition) is 1. The van der Waals surface area contributed by atoms with Crippen molar-refractivity contribution in [2.45, 2.75) is 38.2 Å². The number of benzene rings is 1. The normalized spacial score (nSPS) is 29.0. The third kappa shape index (κ3) is 2.70. The molecule has 0 heterocycles. The van der Waals surface area contributed by atoms with Crippen LogP contribution in [-0.4, -0.2) is 16.5 Å². The Labute approximate surface area is 107 Å². The molecular formula is C14H17ClO2. The topological polar surface area (TPSA) is 37.3 Å². The Kier molecular flexibility index (Phi) is 3.55. The lowest BCUT2D eigenvalue weighted by molar-refractivity contribution is 0.00426. The van der Waals surface area contributed by atoms with Crippen molar-refractivity contribution >= 4 is 17.4 Å². The van der Waals surface area contributed by atoms with Gasteiger partial charge in [-0.1, -0.05) is 30.7 Å². The first kappa shape index (κ1) is 12.6. The Balaban J connectivity index is 2.19. The Morgan fingerprint density at radius 2 is 2.06 bits per heavy atom. The summed E-state index contributed by atoms with van der Waals surface area (Å²) in [6.45, 7) is 2.16. The van der Waals surface area contributed by atoms with Crippen molar-refractivity contribution in [3.63, 3.8) is 0 Å². The van der Waals surface area contributed by atoms with Gasteiger partial charge in [-0.2, -0.15) is 0 Å². The van der Waals surface area contributed by atoms with Crippen LogP contribution in [0.2, 0.25) is 5.02 Å². The fraction of sp³-hybridized carbons (Fsp3) is 0.500. The van der Waals surface area contributed by atoms with E-state index in [1.807, 2.05) is 0 Å². The number of carbonyl (C=O) groups is 1. The van der Waals surface area contributed by atoms with Crippen LogP contribution in [0.1, 0.15) is 43.0 Å². The molecule has 1 saturated carbocycles. The van der Waals surface area contributed by atoms with E-state index in [-0.39, 0.29) is 5.78 Å². The largest absolute Gasteiger partial charge is 0.382 e. The van der Waals surface area contributed by atoms with E-state index in [2.05, 4.69) is 6.92 Å². The predicted octanol–water partition coefficient (Wildman–Crippen LogP) is 3.46. The summed E-state index contributed by atoms with van der Waals surface area (Å²) in [6.07, 6.45) is 2.92. The summed E-state index contributed by atoms with van der Waals surface area (Å²) in [5, 5.41) is 10.9. The molecule has 1 aliphatic rings. The predicted molar refractivity (Wildman–Crippen MR) is 68.4 cm³/mol. The number of rotatable bonds is 2. The first-order valence-electron chi connectivity index (χ1n) is 6.04. The zero-order valence-electron chi connectivity index (χ0n) is 9.95. The van der Waals surface area contributed by atoms with Gasteiger partial charge in [-0.3, -0.25) is 4.79 Å². The van der Waals surface area contributed by atoms with E-state index in [1.165, 1.54) is 0 Å². The smallest absolute Gasteiger partial charge is 0.194 e. The lowest BCUT2D eigenvalue weighted by atomic mass is 9.76. The molecule has 0 radical (unpaired) electrons. The molecule has 0 saturated heterocycles. The number of ketones is 1. The molecule has 0 amide bonds. The van der Waals surface area contributed by atoms with Crippen molar-refractivity contribution in [2.24, 2.45) is 5.92 Å². The number of carbonyl (C=O) groups excluding carboxylic acids is 1. The van der Waals surface area contributed by atoms with Crippen molar-refractivity contribution in [3.8, 4) is 0 Å². The van der Waals surface area contributed by atoms with E-state index in [1.54, 1.807) is 24.3 Å². The standard InChI is InChI=1S/C14H17ClO2/c1-10-5-7-14(17,8-6-10)13(16)11-3-2-4-12(15)9-11/h2-4,9-10,17H,5-8H2,1H3. The van der Waals surface area contributed by atoms with Crippen LogP contribution in [0.3, 0.4) is 0 Å². The van der Waals surface area contributed by atoms with Gasteiger partial charge in [0.05, 0.1) is 0 Å². The van der Waals surface area contributed by atoms with E-state index >= 15 is 0 Å². The van der Waals surface area contributed by atoms with Crippen molar-refractivity contribution in [3.05, 3.63) is 34.9 Å². The molecule has 2 rings (SSSR count). The Morgan fingerprint density at radius 3 is 2.65 bits per heavy atom. The average molecular weight is 253 g/mol. The van der Waals surface area contributed by atoms with Crippen LogP contribution in [0.5, 0.6) is 0 Å². The van der Waals surface area contributed by atoms with Crippen LogP contribution in [0.15, 0.2) is 24.3 Å². The van der Waals surface area contributed by atoms with Crippen molar-refractivity contribution in [2.75, 3.05) is 0 Å². The third-order valence-corrected chi connectivity index (χ3v) is 3.85. The first-order chi connectivity index (χ1) is 8.01. The van der Waals surface area contributed by atoms with Gasteiger partial charge in [-0.25, -0.2) is 0 Å². The molecule has 1 N–H and O–H groups in total. The van der Waals surface area contributed by atoms with E-state index in [4.69, 9.17) is 11.6 Å². The molecule has 0 atom stereocenters. The molecule has 1 fully saturated rings. The lowest BCUT2D eigenvalue weighted by Crippen LogP contribution is -2.41. The van der Waals surface area contributed by atoms with Crippen LogP contribution in [0.25, 0.3) is 0 Å². The van der Waals surface area contributed by atoms with E-state index in [0.29, 0.717) is 29.3 Å². The van der Waals surface area contributed by atoms with Gasteiger partial charge in [-0.15, -0.1) is 0 Å². The van der Waals surface area contributed by atoms with Crippen molar-refractivity contribution < 1.29 is 9.90 Å². The van der Waals surface area contributed by atoms with Gasteiger partial charge < -0.3 is 5.11 Å². The van der Waals surface area contributed by atoms with Gasteiger partial charge in [0.1, 0.15) is 5.60 Å². The highest BCUT2D eigenvalue weighted by atomic mass is 35.5. The molecule has 0 aliphatic heterocycles. The van der Waals surface area contributed by atoms with Gasteiger partial charge in [0.25, 0.3) is 0 Å². The van der Waals surface area contributed by atoms with Crippen LogP contribution in [0.4, 0.5) is 0 Å². The van der Waals surface area contributed by atoms with E-state index in [0.717, 1.165) is 12.8 Å². The summed E-state index contributed by atoms with van der Waals surface area (Å²) in [6, 6.07) is 6.81. The second-order valence-electron chi connectivity index (χ2n) is 5.05. The highest BCUT2D eigenvalue weighted by Gasteiger charge is 2.39. The summed E-state index contributed by atoms with van der Waals surface area (Å²) in [5.41, 5.74) is -0.674.